The van der Waals surface area contributed by atoms with Crippen LogP contribution in [0.5, 0.6) is 0 Å². The number of urea groups is 1. The predicted molar refractivity (Wildman–Crippen MR) is 137 cm³/mol. The molecule has 0 atom stereocenters. The van der Waals surface area contributed by atoms with Gasteiger partial charge in [-0.25, -0.2) is 9.48 Å². The number of amides is 3. The van der Waals surface area contributed by atoms with Crippen LogP contribution in [-0.4, -0.2) is 58.8 Å². The maximum atomic E-state index is 13.1. The highest BCUT2D eigenvalue weighted by Crippen LogP contribution is 2.27. The summed E-state index contributed by atoms with van der Waals surface area (Å²) in [6, 6.07) is 7.42. The van der Waals surface area contributed by atoms with E-state index in [2.05, 4.69) is 37.5 Å². The number of carbonyl (C=O) groups is 3. The lowest BCUT2D eigenvalue weighted by molar-refractivity contribution is -0.141. The fraction of sp³-hybridized carbons (Fsp3) is 0.538. The third-order valence-electron chi connectivity index (χ3n) is 5.22. The highest BCUT2D eigenvalue weighted by Gasteiger charge is 2.24. The predicted octanol–water partition coefficient (Wildman–Crippen LogP) is 3.96. The molecule has 2 N–H and O–H groups in total. The molecule has 0 saturated heterocycles. The van der Waals surface area contributed by atoms with Gasteiger partial charge in [0.05, 0.1) is 18.0 Å². The minimum Gasteiger partial charge on any atom is -0.465 e. The number of carbonyl (C=O) groups excluding carboxylic acids is 3. The molecular weight excluding hydrogens is 446 g/mol. The van der Waals surface area contributed by atoms with Gasteiger partial charge in [-0.1, -0.05) is 52.3 Å². The third-order valence-corrected chi connectivity index (χ3v) is 5.22. The molecule has 1 heterocycles. The summed E-state index contributed by atoms with van der Waals surface area (Å²) in [5.41, 5.74) is 3.65. The second-order valence-electron chi connectivity index (χ2n) is 10.2. The van der Waals surface area contributed by atoms with Gasteiger partial charge in [0.15, 0.2) is 0 Å². The van der Waals surface area contributed by atoms with Crippen LogP contribution in [0.15, 0.2) is 24.3 Å². The van der Waals surface area contributed by atoms with Gasteiger partial charge in [-0.2, -0.15) is 5.10 Å². The van der Waals surface area contributed by atoms with Crippen LogP contribution in [0.3, 0.4) is 0 Å². The number of hydrogen-bond acceptors (Lipinski definition) is 5. The molecule has 9 nitrogen and oxygen atoms in total. The molecule has 2 rings (SSSR count). The Morgan fingerprint density at radius 3 is 2.40 bits per heavy atom. The quantitative estimate of drug-likeness (QED) is 0.523. The van der Waals surface area contributed by atoms with Crippen LogP contribution < -0.4 is 10.6 Å². The molecule has 2 aromatic rings. The SMILES string of the molecule is CCOC(=O)CNC(=O)N(CC(=O)Nc1cc(C(C)(C)C)nn1-c1ccc(C)cc1C)CC(C)C. The van der Waals surface area contributed by atoms with Crippen LogP contribution in [0.4, 0.5) is 10.6 Å². The monoisotopic (exact) mass is 485 g/mol. The summed E-state index contributed by atoms with van der Waals surface area (Å²) in [5.74, 6) is -0.224. The first-order valence-corrected chi connectivity index (χ1v) is 12.0. The summed E-state index contributed by atoms with van der Waals surface area (Å²) in [6.45, 7) is 16.0. The molecule has 35 heavy (non-hydrogen) atoms. The molecule has 1 aromatic heterocycles. The molecule has 0 aliphatic heterocycles. The van der Waals surface area contributed by atoms with E-state index in [-0.39, 0.29) is 36.9 Å². The van der Waals surface area contributed by atoms with Gasteiger partial charge in [0.2, 0.25) is 5.91 Å². The average Bonchev–Trinajstić information content (AvgIpc) is 3.15. The second kappa shape index (κ2) is 11.9. The van der Waals surface area contributed by atoms with Crippen molar-refractivity contribution in [2.45, 2.75) is 60.8 Å². The molecule has 9 heteroatoms. The van der Waals surface area contributed by atoms with E-state index >= 15 is 0 Å². The number of anilines is 1. The number of aryl methyl sites for hydroxylation is 2. The molecule has 0 unspecified atom stereocenters. The number of ether oxygens (including phenoxy) is 1. The van der Waals surface area contributed by atoms with Gasteiger partial charge in [-0.15, -0.1) is 0 Å². The van der Waals surface area contributed by atoms with Gasteiger partial charge in [0, 0.05) is 18.0 Å². The Bertz CT molecular complexity index is 1050. The zero-order valence-corrected chi connectivity index (χ0v) is 22.2. The lowest BCUT2D eigenvalue weighted by Gasteiger charge is -2.24. The molecule has 0 radical (unpaired) electrons. The number of aromatic nitrogens is 2. The summed E-state index contributed by atoms with van der Waals surface area (Å²) < 4.78 is 6.59. The minimum atomic E-state index is -0.526. The van der Waals surface area contributed by atoms with Gasteiger partial charge >= 0.3 is 12.0 Å². The van der Waals surface area contributed by atoms with Gasteiger partial charge in [0.25, 0.3) is 0 Å². The Labute approximate surface area is 208 Å². The number of nitrogens with zero attached hydrogens (tertiary/aromatic N) is 3. The Morgan fingerprint density at radius 2 is 1.83 bits per heavy atom. The first-order chi connectivity index (χ1) is 16.3. The minimum absolute atomic E-state index is 0.129. The van der Waals surface area contributed by atoms with Gasteiger partial charge in [-0.05, 0) is 38.3 Å². The van der Waals surface area contributed by atoms with Crippen molar-refractivity contribution in [1.29, 1.82) is 0 Å². The van der Waals surface area contributed by atoms with E-state index in [1.165, 1.54) is 4.90 Å². The molecule has 0 spiro atoms. The summed E-state index contributed by atoms with van der Waals surface area (Å²) in [5, 5.41) is 10.2. The fourth-order valence-electron chi connectivity index (χ4n) is 3.55. The van der Waals surface area contributed by atoms with Crippen molar-refractivity contribution < 1.29 is 19.1 Å². The summed E-state index contributed by atoms with van der Waals surface area (Å²) in [7, 11) is 0. The lowest BCUT2D eigenvalue weighted by Crippen LogP contribution is -2.47. The zero-order chi connectivity index (χ0) is 26.3. The molecule has 0 saturated carbocycles. The van der Waals surface area contributed by atoms with Crippen LogP contribution in [-0.2, 0) is 19.7 Å². The molecule has 0 bridgehead atoms. The van der Waals surface area contributed by atoms with Gasteiger partial charge in [-0.3, -0.25) is 9.59 Å². The highest BCUT2D eigenvalue weighted by atomic mass is 16.5. The summed E-state index contributed by atoms with van der Waals surface area (Å²) in [4.78, 5) is 38.8. The van der Waals surface area contributed by atoms with E-state index in [0.29, 0.717) is 12.4 Å². The Kier molecular flexibility index (Phi) is 9.45. The molecule has 0 aliphatic rings. The smallest absolute Gasteiger partial charge is 0.325 e. The Balaban J connectivity index is 2.26. The van der Waals surface area contributed by atoms with E-state index in [9.17, 15) is 14.4 Å². The molecule has 0 fully saturated rings. The Morgan fingerprint density at radius 1 is 1.14 bits per heavy atom. The maximum Gasteiger partial charge on any atom is 0.325 e. The van der Waals surface area contributed by atoms with E-state index < -0.39 is 12.0 Å². The second-order valence-corrected chi connectivity index (χ2v) is 10.2. The van der Waals surface area contributed by atoms with E-state index in [1.54, 1.807) is 11.6 Å². The number of rotatable bonds is 9. The number of esters is 1. The zero-order valence-electron chi connectivity index (χ0n) is 22.2. The van der Waals surface area contributed by atoms with Gasteiger partial charge in [0.1, 0.15) is 18.9 Å². The average molecular weight is 486 g/mol. The summed E-state index contributed by atoms with van der Waals surface area (Å²) in [6.07, 6.45) is 0. The van der Waals surface area contributed by atoms with Crippen molar-refractivity contribution >= 4 is 23.7 Å². The van der Waals surface area contributed by atoms with Gasteiger partial charge < -0.3 is 20.3 Å². The largest absolute Gasteiger partial charge is 0.465 e. The van der Waals surface area contributed by atoms with E-state index in [0.717, 1.165) is 22.5 Å². The van der Waals surface area contributed by atoms with Crippen molar-refractivity contribution in [2.24, 2.45) is 5.92 Å². The van der Waals surface area contributed by atoms with Crippen molar-refractivity contribution in [3.05, 3.63) is 41.1 Å². The molecule has 3 amide bonds. The highest BCUT2D eigenvalue weighted by molar-refractivity contribution is 5.94. The van der Waals surface area contributed by atoms with Crippen LogP contribution in [0.2, 0.25) is 0 Å². The molecule has 192 valence electrons. The lowest BCUT2D eigenvalue weighted by atomic mass is 9.92. The molecular formula is C26H39N5O4. The number of nitrogens with one attached hydrogen (secondary N) is 2. The summed E-state index contributed by atoms with van der Waals surface area (Å²) >= 11 is 0. The first kappa shape index (κ1) is 27.9. The normalized spacial score (nSPS) is 11.3. The van der Waals surface area contributed by atoms with E-state index in [1.807, 2.05) is 45.9 Å². The number of benzene rings is 1. The van der Waals surface area contributed by atoms with Crippen molar-refractivity contribution in [3.8, 4) is 5.69 Å². The Hall–Kier alpha value is -3.36. The van der Waals surface area contributed by atoms with E-state index in [4.69, 9.17) is 9.84 Å². The van der Waals surface area contributed by atoms with Crippen LogP contribution in [0.25, 0.3) is 5.69 Å². The van der Waals surface area contributed by atoms with Crippen molar-refractivity contribution in [3.63, 3.8) is 0 Å². The number of hydrogen-bond donors (Lipinski definition) is 2. The maximum absolute atomic E-state index is 13.1. The molecule has 0 aliphatic carbocycles. The van der Waals surface area contributed by atoms with Crippen LogP contribution in [0, 0.1) is 19.8 Å². The fourth-order valence-corrected chi connectivity index (χ4v) is 3.55. The van der Waals surface area contributed by atoms with Crippen LogP contribution >= 0.6 is 0 Å². The van der Waals surface area contributed by atoms with Crippen molar-refractivity contribution in [2.75, 3.05) is 31.6 Å². The molecule has 1 aromatic carbocycles. The third kappa shape index (κ3) is 8.12. The first-order valence-electron chi connectivity index (χ1n) is 12.0. The van der Waals surface area contributed by atoms with Crippen LogP contribution in [0.1, 0.15) is 58.4 Å². The standard InChI is InChI=1S/C26H39N5O4/c1-9-35-24(33)14-27-25(34)30(15-17(2)3)16-23(32)28-22-13-21(26(6,7)8)29-31(22)20-11-10-18(4)12-19(20)5/h10-13,17H,9,14-16H2,1-8H3,(H,27,34)(H,28,32). The topological polar surface area (TPSA) is 106 Å². The van der Waals surface area contributed by atoms with Crippen molar-refractivity contribution in [1.82, 2.24) is 20.0 Å².